The second kappa shape index (κ2) is 7.19. The Morgan fingerprint density at radius 1 is 1.22 bits per heavy atom. The molecule has 0 fully saturated rings. The first-order valence-corrected chi connectivity index (χ1v) is 6.11. The molecule has 0 aliphatic carbocycles. The monoisotopic (exact) mass is 265 g/mol. The Labute approximate surface area is 114 Å². The van der Waals surface area contributed by atoms with Crippen molar-refractivity contribution in [2.24, 2.45) is 5.73 Å². The summed E-state index contributed by atoms with van der Waals surface area (Å²) in [4.78, 5) is 4.59. The first kappa shape index (κ1) is 14.7. The second-order valence-electron chi connectivity index (χ2n) is 4.26. The average molecular weight is 266 g/mol. The number of unbranched alkanes of at least 4 members (excludes halogenated alkanes) is 1. The Hall–Kier alpha value is -1.32. The number of rotatable bonds is 5. The van der Waals surface area contributed by atoms with Gasteiger partial charge in [0.25, 0.3) is 0 Å². The van der Waals surface area contributed by atoms with E-state index in [4.69, 9.17) is 5.73 Å². The zero-order valence-electron chi connectivity index (χ0n) is 10.6. The number of hydrogen-bond acceptors (Lipinski definition) is 3. The molecule has 3 nitrogen and oxygen atoms in total. The lowest BCUT2D eigenvalue weighted by atomic mass is 10.1. The van der Waals surface area contributed by atoms with Gasteiger partial charge < -0.3 is 11.1 Å². The van der Waals surface area contributed by atoms with Crippen molar-refractivity contribution in [2.75, 3.05) is 18.4 Å². The van der Waals surface area contributed by atoms with E-state index in [1.165, 1.54) is 10.9 Å². The summed E-state index contributed by atoms with van der Waals surface area (Å²) in [6.45, 7) is 3.81. The Bertz CT molecular complexity index is 499. The van der Waals surface area contributed by atoms with Crippen LogP contribution in [0.2, 0.25) is 0 Å². The zero-order valence-corrected chi connectivity index (χ0v) is 11.5. The molecule has 0 aliphatic heterocycles. The largest absolute Gasteiger partial charge is 0.370 e. The predicted octanol–water partition coefficient (Wildman–Crippen LogP) is 3.12. The Balaban J connectivity index is 0.00000162. The van der Waals surface area contributed by atoms with Crippen LogP contribution in [0, 0.1) is 6.92 Å². The molecule has 98 valence electrons. The van der Waals surface area contributed by atoms with Crippen LogP contribution in [0.15, 0.2) is 30.3 Å². The van der Waals surface area contributed by atoms with E-state index in [1.807, 2.05) is 18.2 Å². The van der Waals surface area contributed by atoms with Gasteiger partial charge in [0.15, 0.2) is 0 Å². The van der Waals surface area contributed by atoms with Crippen LogP contribution in [0.5, 0.6) is 0 Å². The van der Waals surface area contributed by atoms with Crippen molar-refractivity contribution in [3.8, 4) is 0 Å². The molecule has 2 rings (SSSR count). The topological polar surface area (TPSA) is 50.9 Å². The maximum Gasteiger partial charge on any atom is 0.126 e. The van der Waals surface area contributed by atoms with Crippen molar-refractivity contribution in [3.63, 3.8) is 0 Å². The third-order valence-corrected chi connectivity index (χ3v) is 2.86. The van der Waals surface area contributed by atoms with Crippen molar-refractivity contribution >= 4 is 29.1 Å². The second-order valence-corrected chi connectivity index (χ2v) is 4.26. The van der Waals surface area contributed by atoms with E-state index in [0.717, 1.165) is 37.3 Å². The minimum atomic E-state index is 0. The van der Waals surface area contributed by atoms with Gasteiger partial charge in [0.1, 0.15) is 5.82 Å². The maximum atomic E-state index is 5.46. The number of nitrogens with one attached hydrogen (secondary N) is 1. The fraction of sp³-hybridized carbons (Fsp3) is 0.357. The third kappa shape index (κ3) is 3.59. The van der Waals surface area contributed by atoms with Crippen molar-refractivity contribution in [3.05, 3.63) is 35.9 Å². The zero-order chi connectivity index (χ0) is 12.1. The predicted molar refractivity (Wildman–Crippen MR) is 80.5 cm³/mol. The van der Waals surface area contributed by atoms with Crippen LogP contribution in [0.25, 0.3) is 10.9 Å². The highest BCUT2D eigenvalue weighted by molar-refractivity contribution is 5.85. The molecule has 0 atom stereocenters. The Morgan fingerprint density at radius 2 is 2.00 bits per heavy atom. The van der Waals surface area contributed by atoms with E-state index in [2.05, 4.69) is 29.4 Å². The number of pyridine rings is 1. The smallest absolute Gasteiger partial charge is 0.126 e. The molecule has 3 N–H and O–H groups in total. The summed E-state index contributed by atoms with van der Waals surface area (Å²) in [7, 11) is 0. The summed E-state index contributed by atoms with van der Waals surface area (Å²) >= 11 is 0. The van der Waals surface area contributed by atoms with Gasteiger partial charge in [-0.1, -0.05) is 18.2 Å². The summed E-state index contributed by atoms with van der Waals surface area (Å²) in [5.41, 5.74) is 7.77. The van der Waals surface area contributed by atoms with Gasteiger partial charge in [-0.3, -0.25) is 0 Å². The number of anilines is 1. The first-order valence-electron chi connectivity index (χ1n) is 6.11. The van der Waals surface area contributed by atoms with E-state index in [1.54, 1.807) is 0 Å². The summed E-state index contributed by atoms with van der Waals surface area (Å²) in [6, 6.07) is 10.3. The van der Waals surface area contributed by atoms with Gasteiger partial charge in [-0.05, 0) is 44.0 Å². The van der Waals surface area contributed by atoms with Crippen LogP contribution in [0.4, 0.5) is 5.82 Å². The quantitative estimate of drug-likeness (QED) is 0.817. The van der Waals surface area contributed by atoms with Gasteiger partial charge in [-0.2, -0.15) is 0 Å². The summed E-state index contributed by atoms with van der Waals surface area (Å²) in [5, 5.41) is 4.57. The maximum absolute atomic E-state index is 5.46. The Kier molecular flexibility index (Phi) is 5.89. The van der Waals surface area contributed by atoms with E-state index < -0.39 is 0 Å². The van der Waals surface area contributed by atoms with Crippen LogP contribution in [-0.4, -0.2) is 18.1 Å². The van der Waals surface area contributed by atoms with Crippen molar-refractivity contribution < 1.29 is 0 Å². The molecule has 0 bridgehead atoms. The number of aromatic nitrogens is 1. The molecule has 1 aromatic carbocycles. The van der Waals surface area contributed by atoms with Crippen LogP contribution >= 0.6 is 12.4 Å². The van der Waals surface area contributed by atoms with Crippen LogP contribution in [0.1, 0.15) is 18.4 Å². The number of nitrogens with two attached hydrogens (primary N) is 1. The highest BCUT2D eigenvalue weighted by Crippen LogP contribution is 2.19. The third-order valence-electron chi connectivity index (χ3n) is 2.86. The number of hydrogen-bond donors (Lipinski definition) is 2. The normalized spacial score (nSPS) is 10.1. The average Bonchev–Trinajstić information content (AvgIpc) is 2.35. The van der Waals surface area contributed by atoms with Crippen molar-refractivity contribution in [1.29, 1.82) is 0 Å². The van der Waals surface area contributed by atoms with E-state index >= 15 is 0 Å². The lowest BCUT2D eigenvalue weighted by Crippen LogP contribution is -2.07. The minimum Gasteiger partial charge on any atom is -0.370 e. The molecule has 0 spiro atoms. The number of halogens is 1. The number of benzene rings is 1. The highest BCUT2D eigenvalue weighted by atomic mass is 35.5. The number of fused-ring (bicyclic) bond motifs is 1. The molecule has 0 amide bonds. The fourth-order valence-corrected chi connectivity index (χ4v) is 1.93. The van der Waals surface area contributed by atoms with Crippen molar-refractivity contribution in [1.82, 2.24) is 4.98 Å². The summed E-state index contributed by atoms with van der Waals surface area (Å²) < 4.78 is 0. The molecule has 1 heterocycles. The van der Waals surface area contributed by atoms with E-state index in [9.17, 15) is 0 Å². The Morgan fingerprint density at radius 3 is 2.78 bits per heavy atom. The van der Waals surface area contributed by atoms with Gasteiger partial charge in [0.2, 0.25) is 0 Å². The highest BCUT2D eigenvalue weighted by Gasteiger charge is 2.01. The molecule has 0 radical (unpaired) electrons. The molecule has 18 heavy (non-hydrogen) atoms. The fourth-order valence-electron chi connectivity index (χ4n) is 1.93. The summed E-state index contributed by atoms with van der Waals surface area (Å²) in [5.74, 6) is 0.957. The first-order chi connectivity index (χ1) is 8.31. The minimum absolute atomic E-state index is 0. The summed E-state index contributed by atoms with van der Waals surface area (Å²) in [6.07, 6.45) is 2.14. The number of nitrogens with zero attached hydrogens (tertiary/aromatic N) is 1. The molecule has 0 aliphatic rings. The number of para-hydroxylation sites is 1. The molecule has 0 saturated heterocycles. The molecule has 0 unspecified atom stereocenters. The number of aryl methyl sites for hydroxylation is 1. The van der Waals surface area contributed by atoms with Crippen molar-refractivity contribution in [2.45, 2.75) is 19.8 Å². The molecular weight excluding hydrogens is 246 g/mol. The van der Waals surface area contributed by atoms with E-state index in [0.29, 0.717) is 0 Å². The van der Waals surface area contributed by atoms with Gasteiger partial charge in [-0.15, -0.1) is 12.4 Å². The standard InChI is InChI=1S/C14H19N3.ClH/c1-11-10-14(16-9-5-4-8-15)17-13-7-3-2-6-12(11)13;/h2-3,6-7,10H,4-5,8-9,15H2,1H3,(H,16,17);1H. The molecule has 2 aromatic rings. The van der Waals surface area contributed by atoms with Crippen LogP contribution in [0.3, 0.4) is 0 Å². The lowest BCUT2D eigenvalue weighted by Gasteiger charge is -2.08. The van der Waals surface area contributed by atoms with Crippen LogP contribution in [-0.2, 0) is 0 Å². The van der Waals surface area contributed by atoms with E-state index in [-0.39, 0.29) is 12.4 Å². The van der Waals surface area contributed by atoms with Gasteiger partial charge in [-0.25, -0.2) is 4.98 Å². The molecular formula is C14H20ClN3. The van der Waals surface area contributed by atoms with Crippen LogP contribution < -0.4 is 11.1 Å². The van der Waals surface area contributed by atoms with Gasteiger partial charge in [0, 0.05) is 11.9 Å². The lowest BCUT2D eigenvalue weighted by molar-refractivity contribution is 0.772. The molecule has 0 saturated carbocycles. The van der Waals surface area contributed by atoms with Gasteiger partial charge in [0.05, 0.1) is 5.52 Å². The molecule has 1 aromatic heterocycles. The SMILES string of the molecule is Cc1cc(NCCCCN)nc2ccccc12.Cl. The van der Waals surface area contributed by atoms with Gasteiger partial charge >= 0.3 is 0 Å². The molecule has 4 heteroatoms.